The molecular formula is C17H13NO3. The molecule has 1 N–H and O–H groups in total. The number of carboxylic acid groups (broad SMARTS) is 1. The summed E-state index contributed by atoms with van der Waals surface area (Å²) in [5.41, 5.74) is 2.00. The second kappa shape index (κ2) is 5.25. The third kappa shape index (κ3) is 2.69. The van der Waals surface area contributed by atoms with Crippen LogP contribution >= 0.6 is 0 Å². The number of ether oxygens (including phenoxy) is 1. The fourth-order valence-electron chi connectivity index (χ4n) is 2.12. The Hall–Kier alpha value is -2.88. The summed E-state index contributed by atoms with van der Waals surface area (Å²) < 4.78 is 5.76. The molecule has 0 amide bonds. The number of aryl methyl sites for hydroxylation is 1. The molecule has 0 radical (unpaired) electrons. The van der Waals surface area contributed by atoms with Crippen molar-refractivity contribution in [3.63, 3.8) is 0 Å². The normalized spacial score (nSPS) is 10.5. The SMILES string of the molecule is Cc1ccc(Oc2ccc3nccc(C(=O)O)c3c2)cc1. The lowest BCUT2D eigenvalue weighted by atomic mass is 10.1. The number of benzene rings is 2. The number of aromatic carboxylic acids is 1. The molecule has 0 bridgehead atoms. The van der Waals surface area contributed by atoms with Gasteiger partial charge in [0.25, 0.3) is 0 Å². The summed E-state index contributed by atoms with van der Waals surface area (Å²) in [4.78, 5) is 15.4. The van der Waals surface area contributed by atoms with Crippen LogP contribution in [0.25, 0.3) is 10.9 Å². The molecule has 1 heterocycles. The fourth-order valence-corrected chi connectivity index (χ4v) is 2.12. The Morgan fingerprint density at radius 2 is 1.76 bits per heavy atom. The zero-order valence-corrected chi connectivity index (χ0v) is 11.4. The standard InChI is InChI=1S/C17H13NO3/c1-11-2-4-12(5-3-11)21-13-6-7-16-15(10-13)14(17(19)20)8-9-18-16/h2-10H,1H3,(H,19,20). The van der Waals surface area contributed by atoms with Gasteiger partial charge in [0.15, 0.2) is 0 Å². The molecular weight excluding hydrogens is 266 g/mol. The summed E-state index contributed by atoms with van der Waals surface area (Å²) in [7, 11) is 0. The van der Waals surface area contributed by atoms with Crippen LogP contribution in [0.4, 0.5) is 0 Å². The van der Waals surface area contributed by atoms with Gasteiger partial charge in [0, 0.05) is 11.6 Å². The van der Waals surface area contributed by atoms with E-state index in [-0.39, 0.29) is 5.56 Å². The summed E-state index contributed by atoms with van der Waals surface area (Å²) in [5.74, 6) is 0.317. The van der Waals surface area contributed by atoms with Crippen LogP contribution in [-0.2, 0) is 0 Å². The summed E-state index contributed by atoms with van der Waals surface area (Å²) in [6.45, 7) is 2.00. The maximum Gasteiger partial charge on any atom is 0.336 e. The van der Waals surface area contributed by atoms with Crippen LogP contribution in [0.1, 0.15) is 15.9 Å². The van der Waals surface area contributed by atoms with Gasteiger partial charge in [-0.25, -0.2) is 4.79 Å². The number of aromatic nitrogens is 1. The highest BCUT2D eigenvalue weighted by Crippen LogP contribution is 2.26. The number of nitrogens with zero attached hydrogens (tertiary/aromatic N) is 1. The Kier molecular flexibility index (Phi) is 3.28. The van der Waals surface area contributed by atoms with Crippen LogP contribution in [0, 0.1) is 6.92 Å². The Morgan fingerprint density at radius 3 is 2.48 bits per heavy atom. The Bertz CT molecular complexity index is 810. The molecule has 0 saturated heterocycles. The van der Waals surface area contributed by atoms with Crippen LogP contribution in [0.3, 0.4) is 0 Å². The molecule has 0 aliphatic rings. The van der Waals surface area contributed by atoms with E-state index in [4.69, 9.17) is 4.74 Å². The minimum atomic E-state index is -0.977. The number of fused-ring (bicyclic) bond motifs is 1. The molecule has 4 heteroatoms. The highest BCUT2D eigenvalue weighted by atomic mass is 16.5. The van der Waals surface area contributed by atoms with Gasteiger partial charge >= 0.3 is 5.97 Å². The van der Waals surface area contributed by atoms with Crippen LogP contribution in [0.2, 0.25) is 0 Å². The number of pyridine rings is 1. The number of hydrogen-bond donors (Lipinski definition) is 1. The lowest BCUT2D eigenvalue weighted by Gasteiger charge is -2.08. The fraction of sp³-hybridized carbons (Fsp3) is 0.0588. The monoisotopic (exact) mass is 279 g/mol. The van der Waals surface area contributed by atoms with E-state index in [1.165, 1.54) is 12.3 Å². The van der Waals surface area contributed by atoms with Crippen LogP contribution in [0.5, 0.6) is 11.5 Å². The van der Waals surface area contributed by atoms with Gasteiger partial charge < -0.3 is 9.84 Å². The third-order valence-corrected chi connectivity index (χ3v) is 3.20. The first-order chi connectivity index (χ1) is 10.1. The first-order valence-corrected chi connectivity index (χ1v) is 6.50. The van der Waals surface area contributed by atoms with Crippen molar-refractivity contribution in [2.24, 2.45) is 0 Å². The summed E-state index contributed by atoms with van der Waals surface area (Å²) in [5, 5.41) is 9.79. The number of carbonyl (C=O) groups is 1. The van der Waals surface area contributed by atoms with Gasteiger partial charge in [0.1, 0.15) is 11.5 Å². The van der Waals surface area contributed by atoms with Gasteiger partial charge in [-0.3, -0.25) is 4.98 Å². The highest BCUT2D eigenvalue weighted by Gasteiger charge is 2.10. The minimum Gasteiger partial charge on any atom is -0.478 e. The number of hydrogen-bond acceptors (Lipinski definition) is 3. The maximum absolute atomic E-state index is 11.3. The van der Waals surface area contributed by atoms with E-state index < -0.39 is 5.97 Å². The molecule has 0 spiro atoms. The van der Waals surface area contributed by atoms with Gasteiger partial charge in [0.05, 0.1) is 11.1 Å². The summed E-state index contributed by atoms with van der Waals surface area (Å²) >= 11 is 0. The predicted molar refractivity (Wildman–Crippen MR) is 80.0 cm³/mol. The smallest absolute Gasteiger partial charge is 0.336 e. The van der Waals surface area contributed by atoms with E-state index in [2.05, 4.69) is 4.98 Å². The van der Waals surface area contributed by atoms with Crippen LogP contribution in [-0.4, -0.2) is 16.1 Å². The number of rotatable bonds is 3. The van der Waals surface area contributed by atoms with E-state index in [1.54, 1.807) is 18.2 Å². The van der Waals surface area contributed by atoms with E-state index in [0.29, 0.717) is 22.4 Å². The van der Waals surface area contributed by atoms with Crippen molar-refractivity contribution in [1.82, 2.24) is 4.98 Å². The lowest BCUT2D eigenvalue weighted by molar-refractivity contribution is 0.0699. The molecule has 0 aliphatic carbocycles. The molecule has 0 saturated carbocycles. The average Bonchev–Trinajstić information content (AvgIpc) is 2.49. The molecule has 0 aliphatic heterocycles. The average molecular weight is 279 g/mol. The number of carboxylic acids is 1. The van der Waals surface area contributed by atoms with Gasteiger partial charge in [0.2, 0.25) is 0 Å². The van der Waals surface area contributed by atoms with E-state index in [9.17, 15) is 9.90 Å². The molecule has 4 nitrogen and oxygen atoms in total. The van der Waals surface area contributed by atoms with E-state index >= 15 is 0 Å². The molecule has 3 rings (SSSR count). The Labute approximate surface area is 121 Å². The maximum atomic E-state index is 11.3. The molecule has 0 atom stereocenters. The summed E-state index contributed by atoms with van der Waals surface area (Å²) in [6, 6.07) is 14.4. The topological polar surface area (TPSA) is 59.4 Å². The van der Waals surface area contributed by atoms with Gasteiger partial charge in [-0.15, -0.1) is 0 Å². The van der Waals surface area contributed by atoms with Crippen LogP contribution in [0.15, 0.2) is 54.7 Å². The molecule has 3 aromatic rings. The molecule has 0 fully saturated rings. The van der Waals surface area contributed by atoms with E-state index in [1.807, 2.05) is 31.2 Å². The largest absolute Gasteiger partial charge is 0.478 e. The predicted octanol–water partition coefficient (Wildman–Crippen LogP) is 4.03. The second-order valence-corrected chi connectivity index (χ2v) is 4.76. The molecule has 1 aromatic heterocycles. The molecule has 104 valence electrons. The van der Waals surface area contributed by atoms with Crippen molar-refractivity contribution in [3.05, 3.63) is 65.9 Å². The zero-order chi connectivity index (χ0) is 14.8. The summed E-state index contributed by atoms with van der Waals surface area (Å²) in [6.07, 6.45) is 1.49. The molecule has 2 aromatic carbocycles. The van der Waals surface area contributed by atoms with Crippen molar-refractivity contribution >= 4 is 16.9 Å². The molecule has 0 unspecified atom stereocenters. The van der Waals surface area contributed by atoms with Crippen molar-refractivity contribution < 1.29 is 14.6 Å². The first kappa shape index (κ1) is 13.1. The van der Waals surface area contributed by atoms with E-state index in [0.717, 1.165) is 5.56 Å². The van der Waals surface area contributed by atoms with Crippen LogP contribution < -0.4 is 4.74 Å². The first-order valence-electron chi connectivity index (χ1n) is 6.50. The minimum absolute atomic E-state index is 0.217. The highest BCUT2D eigenvalue weighted by molar-refractivity contribution is 6.02. The van der Waals surface area contributed by atoms with Crippen molar-refractivity contribution in [3.8, 4) is 11.5 Å². The van der Waals surface area contributed by atoms with Crippen molar-refractivity contribution in [2.45, 2.75) is 6.92 Å². The van der Waals surface area contributed by atoms with Gasteiger partial charge in [-0.05, 0) is 43.3 Å². The lowest BCUT2D eigenvalue weighted by Crippen LogP contribution is -1.98. The Morgan fingerprint density at radius 1 is 1.05 bits per heavy atom. The van der Waals surface area contributed by atoms with Crippen molar-refractivity contribution in [2.75, 3.05) is 0 Å². The van der Waals surface area contributed by atoms with Gasteiger partial charge in [-0.2, -0.15) is 0 Å². The van der Waals surface area contributed by atoms with Gasteiger partial charge in [-0.1, -0.05) is 17.7 Å². The zero-order valence-electron chi connectivity index (χ0n) is 11.4. The third-order valence-electron chi connectivity index (χ3n) is 3.20. The second-order valence-electron chi connectivity index (χ2n) is 4.76. The Balaban J connectivity index is 2.02. The van der Waals surface area contributed by atoms with Crippen molar-refractivity contribution in [1.29, 1.82) is 0 Å². The quantitative estimate of drug-likeness (QED) is 0.786. The molecule has 21 heavy (non-hydrogen) atoms.